The molecule has 0 amide bonds. The van der Waals surface area contributed by atoms with E-state index in [-0.39, 0.29) is 0 Å². The number of aromatic nitrogens is 2. The van der Waals surface area contributed by atoms with Crippen molar-refractivity contribution in [1.29, 1.82) is 0 Å². The van der Waals surface area contributed by atoms with Crippen molar-refractivity contribution in [2.24, 2.45) is 0 Å². The van der Waals surface area contributed by atoms with Crippen LogP contribution in [0.2, 0.25) is 0 Å². The highest BCUT2D eigenvalue weighted by Gasteiger charge is 2.04. The Hall–Kier alpha value is -0.100. The molecule has 0 spiro atoms. The lowest BCUT2D eigenvalue weighted by Crippen LogP contribution is -2.17. The van der Waals surface area contributed by atoms with Crippen LogP contribution in [0.5, 0.6) is 0 Å². The Kier molecular flexibility index (Phi) is 6.24. The van der Waals surface area contributed by atoms with Crippen molar-refractivity contribution in [2.45, 2.75) is 39.2 Å². The quantitative estimate of drug-likeness (QED) is 0.618. The minimum absolute atomic E-state index is 0.511. The number of rotatable bonds is 7. The summed E-state index contributed by atoms with van der Waals surface area (Å²) in [6.45, 7) is 6.68. The summed E-state index contributed by atoms with van der Waals surface area (Å²) in [4.78, 5) is 0. The monoisotopic (exact) mass is 321 g/mol. The molecule has 1 unspecified atom stereocenters. The molecule has 0 aromatic carbocycles. The lowest BCUT2D eigenvalue weighted by molar-refractivity contribution is 0.438. The van der Waals surface area contributed by atoms with Crippen LogP contribution in [-0.4, -0.2) is 22.9 Å². The molecule has 1 aromatic rings. The summed E-state index contributed by atoms with van der Waals surface area (Å²) in [5.74, 6) is 0. The van der Waals surface area contributed by atoms with Gasteiger partial charge in [0.1, 0.15) is 0 Å². The summed E-state index contributed by atoms with van der Waals surface area (Å²) < 4.78 is 3.27. The fourth-order valence-corrected chi connectivity index (χ4v) is 1.92. The van der Waals surface area contributed by atoms with E-state index >= 15 is 0 Å². The largest absolute Gasteiger partial charge is 0.317 e. The van der Waals surface area contributed by atoms with Gasteiger partial charge >= 0.3 is 0 Å². The third kappa shape index (κ3) is 4.97. The van der Waals surface area contributed by atoms with Gasteiger partial charge in [-0.15, -0.1) is 0 Å². The second kappa shape index (κ2) is 7.22. The summed E-state index contributed by atoms with van der Waals surface area (Å²) in [5.41, 5.74) is 0. The van der Waals surface area contributed by atoms with Gasteiger partial charge in [0.05, 0.1) is 9.77 Å². The molecule has 4 heteroatoms. The average Bonchev–Trinajstić information content (AvgIpc) is 2.64. The first-order valence-corrected chi connectivity index (χ1v) is 6.72. The minimum Gasteiger partial charge on any atom is -0.317 e. The van der Waals surface area contributed by atoms with Crippen LogP contribution in [0.4, 0.5) is 0 Å². The molecular formula is C11H20IN3. The van der Waals surface area contributed by atoms with Gasteiger partial charge in [0, 0.05) is 12.2 Å². The van der Waals surface area contributed by atoms with Gasteiger partial charge in [-0.3, -0.25) is 4.68 Å². The maximum Gasteiger partial charge on any atom is 0.0623 e. The Morgan fingerprint density at radius 3 is 2.93 bits per heavy atom. The molecule has 0 aliphatic heterocycles. The van der Waals surface area contributed by atoms with Crippen LogP contribution in [0, 0.1) is 3.57 Å². The number of halogens is 1. The molecule has 1 N–H and O–H groups in total. The van der Waals surface area contributed by atoms with Gasteiger partial charge < -0.3 is 5.32 Å². The van der Waals surface area contributed by atoms with Gasteiger partial charge in [0.2, 0.25) is 0 Å². The Labute approximate surface area is 106 Å². The zero-order chi connectivity index (χ0) is 11.1. The van der Waals surface area contributed by atoms with Crippen LogP contribution in [0.15, 0.2) is 12.4 Å². The molecule has 86 valence electrons. The van der Waals surface area contributed by atoms with E-state index in [9.17, 15) is 0 Å². The van der Waals surface area contributed by atoms with Crippen LogP contribution in [0.1, 0.15) is 39.2 Å². The third-order valence-corrected chi connectivity index (χ3v) is 2.98. The standard InChI is InChI=1S/C11H20IN3/c1-3-6-13-7-4-5-10(2)15-9-11(12)8-14-15/h8-10,13H,3-7H2,1-2H3. The molecule has 0 fully saturated rings. The maximum atomic E-state index is 4.32. The number of nitrogens with one attached hydrogen (secondary N) is 1. The van der Waals surface area contributed by atoms with E-state index in [0.717, 1.165) is 13.1 Å². The highest BCUT2D eigenvalue weighted by molar-refractivity contribution is 14.1. The predicted octanol–water partition coefficient (Wildman–Crippen LogP) is 2.83. The van der Waals surface area contributed by atoms with E-state index in [2.05, 4.69) is 57.7 Å². The number of hydrogen-bond donors (Lipinski definition) is 1. The Balaban J connectivity index is 2.16. The van der Waals surface area contributed by atoms with Crippen LogP contribution in [0.3, 0.4) is 0 Å². The Morgan fingerprint density at radius 1 is 1.53 bits per heavy atom. The molecule has 0 bridgehead atoms. The highest BCUT2D eigenvalue weighted by atomic mass is 127. The lowest BCUT2D eigenvalue weighted by Gasteiger charge is -2.11. The zero-order valence-corrected chi connectivity index (χ0v) is 11.7. The molecule has 1 heterocycles. The van der Waals surface area contributed by atoms with Gasteiger partial charge in [-0.25, -0.2) is 0 Å². The van der Waals surface area contributed by atoms with E-state index in [0.29, 0.717) is 6.04 Å². The summed E-state index contributed by atoms with van der Waals surface area (Å²) in [6, 6.07) is 0.511. The summed E-state index contributed by atoms with van der Waals surface area (Å²) in [6.07, 6.45) is 7.63. The van der Waals surface area contributed by atoms with Crippen LogP contribution in [0.25, 0.3) is 0 Å². The van der Waals surface area contributed by atoms with Crippen molar-refractivity contribution in [2.75, 3.05) is 13.1 Å². The number of hydrogen-bond acceptors (Lipinski definition) is 2. The van der Waals surface area contributed by atoms with Gasteiger partial charge in [-0.05, 0) is 61.9 Å². The average molecular weight is 321 g/mol. The fourth-order valence-electron chi connectivity index (χ4n) is 1.51. The van der Waals surface area contributed by atoms with Gasteiger partial charge in [0.25, 0.3) is 0 Å². The normalized spacial score (nSPS) is 13.0. The molecular weight excluding hydrogens is 301 g/mol. The fraction of sp³-hybridized carbons (Fsp3) is 0.727. The molecule has 3 nitrogen and oxygen atoms in total. The van der Waals surface area contributed by atoms with Crippen molar-refractivity contribution in [3.8, 4) is 0 Å². The van der Waals surface area contributed by atoms with Gasteiger partial charge in [-0.2, -0.15) is 5.10 Å². The smallest absolute Gasteiger partial charge is 0.0623 e. The summed E-state index contributed by atoms with van der Waals surface area (Å²) in [7, 11) is 0. The molecule has 0 aliphatic rings. The van der Waals surface area contributed by atoms with Crippen LogP contribution >= 0.6 is 22.6 Å². The molecule has 15 heavy (non-hydrogen) atoms. The third-order valence-electron chi connectivity index (χ3n) is 2.42. The molecule has 1 aromatic heterocycles. The van der Waals surface area contributed by atoms with Gasteiger partial charge in [0.15, 0.2) is 0 Å². The van der Waals surface area contributed by atoms with Crippen molar-refractivity contribution in [1.82, 2.24) is 15.1 Å². The van der Waals surface area contributed by atoms with Gasteiger partial charge in [-0.1, -0.05) is 6.92 Å². The van der Waals surface area contributed by atoms with E-state index in [1.165, 1.54) is 22.8 Å². The first-order valence-electron chi connectivity index (χ1n) is 5.64. The highest BCUT2D eigenvalue weighted by Crippen LogP contribution is 2.13. The van der Waals surface area contributed by atoms with Crippen molar-refractivity contribution in [3.05, 3.63) is 16.0 Å². The molecule has 0 aliphatic carbocycles. The molecule has 1 rings (SSSR count). The lowest BCUT2D eigenvalue weighted by atomic mass is 10.2. The molecule has 1 atom stereocenters. The van der Waals surface area contributed by atoms with Crippen LogP contribution < -0.4 is 5.32 Å². The van der Waals surface area contributed by atoms with E-state index in [1.54, 1.807) is 0 Å². The zero-order valence-electron chi connectivity index (χ0n) is 9.54. The maximum absolute atomic E-state index is 4.32. The van der Waals surface area contributed by atoms with Crippen molar-refractivity contribution in [3.63, 3.8) is 0 Å². The predicted molar refractivity (Wildman–Crippen MR) is 72.0 cm³/mol. The molecule has 0 saturated heterocycles. The minimum atomic E-state index is 0.511. The van der Waals surface area contributed by atoms with Crippen LogP contribution in [-0.2, 0) is 0 Å². The Morgan fingerprint density at radius 2 is 2.33 bits per heavy atom. The second-order valence-electron chi connectivity index (χ2n) is 3.88. The first-order chi connectivity index (χ1) is 7.24. The van der Waals surface area contributed by atoms with Crippen molar-refractivity contribution >= 4 is 22.6 Å². The topological polar surface area (TPSA) is 29.9 Å². The molecule has 0 radical (unpaired) electrons. The SMILES string of the molecule is CCCNCCCC(C)n1cc(I)cn1. The number of nitrogens with zero attached hydrogens (tertiary/aromatic N) is 2. The van der Waals surface area contributed by atoms with Crippen molar-refractivity contribution < 1.29 is 0 Å². The Bertz CT molecular complexity index is 273. The molecule has 0 saturated carbocycles. The van der Waals surface area contributed by atoms with E-state index < -0.39 is 0 Å². The van der Waals surface area contributed by atoms with E-state index in [4.69, 9.17) is 0 Å². The second-order valence-corrected chi connectivity index (χ2v) is 5.13. The first kappa shape index (κ1) is 13.0. The van der Waals surface area contributed by atoms with E-state index in [1.807, 2.05) is 6.20 Å². The summed E-state index contributed by atoms with van der Waals surface area (Å²) in [5, 5.41) is 7.74. The summed E-state index contributed by atoms with van der Waals surface area (Å²) >= 11 is 2.29.